The fraction of sp³-hybridized carbons (Fsp3) is 0.176. The lowest BCUT2D eigenvalue weighted by Crippen LogP contribution is -2.43. The van der Waals surface area contributed by atoms with Gasteiger partial charge in [0.1, 0.15) is 0 Å². The summed E-state index contributed by atoms with van der Waals surface area (Å²) in [5.41, 5.74) is 6.16. The van der Waals surface area contributed by atoms with Crippen molar-refractivity contribution in [1.29, 1.82) is 0 Å². The van der Waals surface area contributed by atoms with Gasteiger partial charge in [-0.05, 0) is 48.6 Å². The number of benzene rings is 2. The first kappa shape index (κ1) is 19.6. The van der Waals surface area contributed by atoms with E-state index in [9.17, 15) is 4.79 Å². The molecule has 138 valence electrons. The number of hydrogen-bond donors (Lipinski definition) is 3. The minimum absolute atomic E-state index is 0.216. The van der Waals surface area contributed by atoms with Crippen molar-refractivity contribution in [2.75, 3.05) is 26.6 Å². The average Bonchev–Trinajstić information content (AvgIpc) is 2.66. The van der Waals surface area contributed by atoms with Crippen LogP contribution in [0.1, 0.15) is 10.4 Å². The second-order valence-electron chi connectivity index (χ2n) is 4.95. The van der Waals surface area contributed by atoms with Crippen LogP contribution in [-0.2, 0) is 0 Å². The molecule has 0 aliphatic heterocycles. The lowest BCUT2D eigenvalue weighted by atomic mass is 10.1. The summed E-state index contributed by atoms with van der Waals surface area (Å²) in [5, 5.41) is 3.75. The van der Waals surface area contributed by atoms with Crippen LogP contribution in [0, 0.1) is 0 Å². The van der Waals surface area contributed by atoms with Crippen molar-refractivity contribution < 1.29 is 19.0 Å². The first-order chi connectivity index (χ1) is 12.5. The molecule has 3 N–H and O–H groups in total. The smallest absolute Gasteiger partial charge is 0.269 e. The number of carbonyl (C=O) groups excluding carboxylic acids is 1. The van der Waals surface area contributed by atoms with Crippen LogP contribution in [0.25, 0.3) is 0 Å². The first-order valence-electron chi connectivity index (χ1n) is 7.41. The van der Waals surface area contributed by atoms with Gasteiger partial charge in [-0.1, -0.05) is 11.6 Å². The molecule has 0 spiro atoms. The van der Waals surface area contributed by atoms with E-state index < -0.39 is 5.91 Å². The molecule has 0 fully saturated rings. The van der Waals surface area contributed by atoms with Crippen LogP contribution in [0.15, 0.2) is 36.4 Å². The average molecular weight is 396 g/mol. The van der Waals surface area contributed by atoms with Crippen LogP contribution in [0.2, 0.25) is 5.02 Å². The Balaban J connectivity index is 2.03. The molecule has 0 aromatic heterocycles. The van der Waals surface area contributed by atoms with E-state index in [-0.39, 0.29) is 5.11 Å². The number of hydrogen-bond acceptors (Lipinski definition) is 5. The molecule has 0 radical (unpaired) electrons. The third-order valence-electron chi connectivity index (χ3n) is 3.32. The van der Waals surface area contributed by atoms with Gasteiger partial charge in [0.05, 0.1) is 21.3 Å². The second kappa shape index (κ2) is 9.12. The summed E-state index contributed by atoms with van der Waals surface area (Å²) in [6.45, 7) is 0. The molecule has 0 aliphatic carbocycles. The van der Waals surface area contributed by atoms with Gasteiger partial charge in [-0.25, -0.2) is 0 Å². The fourth-order valence-corrected chi connectivity index (χ4v) is 2.39. The SMILES string of the molecule is COc1cc(C(=O)NNC(=S)Nc2ccc(Cl)cc2)cc(OC)c1OC. The van der Waals surface area contributed by atoms with Crippen molar-refractivity contribution in [3.8, 4) is 17.2 Å². The van der Waals surface area contributed by atoms with Gasteiger partial charge < -0.3 is 19.5 Å². The van der Waals surface area contributed by atoms with Crippen molar-refractivity contribution in [3.63, 3.8) is 0 Å². The fourth-order valence-electron chi connectivity index (χ4n) is 2.09. The summed E-state index contributed by atoms with van der Waals surface area (Å²) in [7, 11) is 4.44. The van der Waals surface area contributed by atoms with E-state index in [2.05, 4.69) is 16.2 Å². The minimum Gasteiger partial charge on any atom is -0.493 e. The third kappa shape index (κ3) is 4.90. The van der Waals surface area contributed by atoms with Crippen LogP contribution in [0.4, 0.5) is 5.69 Å². The summed E-state index contributed by atoms with van der Waals surface area (Å²) < 4.78 is 15.7. The molecule has 9 heteroatoms. The number of amides is 1. The summed E-state index contributed by atoms with van der Waals surface area (Å²) in [6.07, 6.45) is 0. The zero-order valence-corrected chi connectivity index (χ0v) is 16.0. The van der Waals surface area contributed by atoms with E-state index in [0.29, 0.717) is 27.8 Å². The Morgan fingerprint density at radius 3 is 2.04 bits per heavy atom. The van der Waals surface area contributed by atoms with Crippen molar-refractivity contribution in [3.05, 3.63) is 47.0 Å². The second-order valence-corrected chi connectivity index (χ2v) is 5.80. The first-order valence-corrected chi connectivity index (χ1v) is 8.20. The lowest BCUT2D eigenvalue weighted by Gasteiger charge is -2.15. The van der Waals surface area contributed by atoms with Crippen molar-refractivity contribution in [1.82, 2.24) is 10.9 Å². The van der Waals surface area contributed by atoms with Crippen LogP contribution in [-0.4, -0.2) is 32.3 Å². The Morgan fingerprint density at radius 2 is 1.54 bits per heavy atom. The zero-order valence-electron chi connectivity index (χ0n) is 14.4. The molecule has 0 saturated carbocycles. The van der Waals surface area contributed by atoms with Crippen molar-refractivity contribution >= 4 is 40.5 Å². The number of rotatable bonds is 5. The normalized spacial score (nSPS) is 9.85. The highest BCUT2D eigenvalue weighted by Crippen LogP contribution is 2.38. The molecule has 1 amide bonds. The van der Waals surface area contributed by atoms with E-state index in [1.165, 1.54) is 33.5 Å². The summed E-state index contributed by atoms with van der Waals surface area (Å²) in [4.78, 5) is 12.4. The number of thiocarbonyl (C=S) groups is 1. The van der Waals surface area contributed by atoms with Crippen LogP contribution in [0.3, 0.4) is 0 Å². The number of methoxy groups -OCH3 is 3. The highest BCUT2D eigenvalue weighted by Gasteiger charge is 2.17. The Kier molecular flexibility index (Phi) is 6.88. The Morgan fingerprint density at radius 1 is 0.962 bits per heavy atom. The summed E-state index contributed by atoms with van der Waals surface area (Å²) in [5.74, 6) is 0.724. The van der Waals surface area contributed by atoms with E-state index in [1.807, 2.05) is 0 Å². The highest BCUT2D eigenvalue weighted by molar-refractivity contribution is 7.80. The molecule has 7 nitrogen and oxygen atoms in total. The van der Waals surface area contributed by atoms with Gasteiger partial charge in [0.25, 0.3) is 5.91 Å². The van der Waals surface area contributed by atoms with Gasteiger partial charge in [-0.15, -0.1) is 0 Å². The molecule has 0 unspecified atom stereocenters. The van der Waals surface area contributed by atoms with Gasteiger partial charge in [-0.2, -0.15) is 0 Å². The predicted molar refractivity (Wildman–Crippen MR) is 104 cm³/mol. The minimum atomic E-state index is -0.426. The monoisotopic (exact) mass is 395 g/mol. The van der Waals surface area contributed by atoms with Gasteiger partial charge in [-0.3, -0.25) is 15.6 Å². The lowest BCUT2D eigenvalue weighted by molar-refractivity contribution is 0.0943. The Bertz CT molecular complexity index is 774. The highest BCUT2D eigenvalue weighted by atomic mass is 35.5. The van der Waals surface area contributed by atoms with Crippen LogP contribution >= 0.6 is 23.8 Å². The van der Waals surface area contributed by atoms with Gasteiger partial charge in [0.15, 0.2) is 16.6 Å². The number of ether oxygens (including phenoxy) is 3. The van der Waals surface area contributed by atoms with E-state index in [1.54, 1.807) is 24.3 Å². The molecule has 2 aromatic rings. The number of carbonyl (C=O) groups is 1. The molecule has 0 saturated heterocycles. The van der Waals surface area contributed by atoms with Gasteiger partial charge in [0, 0.05) is 16.3 Å². The maximum absolute atomic E-state index is 12.4. The zero-order chi connectivity index (χ0) is 19.1. The van der Waals surface area contributed by atoms with E-state index in [0.717, 1.165) is 5.69 Å². The van der Waals surface area contributed by atoms with Crippen molar-refractivity contribution in [2.24, 2.45) is 0 Å². The molecule has 2 rings (SSSR count). The van der Waals surface area contributed by atoms with Gasteiger partial charge in [0.2, 0.25) is 5.75 Å². The molecular formula is C17H18ClN3O4S. The summed E-state index contributed by atoms with van der Waals surface area (Å²) in [6, 6.07) is 10.0. The number of halogens is 1. The maximum atomic E-state index is 12.4. The van der Waals surface area contributed by atoms with Crippen molar-refractivity contribution in [2.45, 2.75) is 0 Å². The summed E-state index contributed by atoms with van der Waals surface area (Å²) >= 11 is 11.0. The maximum Gasteiger partial charge on any atom is 0.269 e. The molecule has 0 heterocycles. The third-order valence-corrected chi connectivity index (χ3v) is 3.77. The number of anilines is 1. The number of hydrazine groups is 1. The molecule has 2 aromatic carbocycles. The largest absolute Gasteiger partial charge is 0.493 e. The molecular weight excluding hydrogens is 378 g/mol. The van der Waals surface area contributed by atoms with E-state index >= 15 is 0 Å². The van der Waals surface area contributed by atoms with Gasteiger partial charge >= 0.3 is 0 Å². The Hall–Kier alpha value is -2.71. The Labute approximate surface area is 161 Å². The van der Waals surface area contributed by atoms with E-state index in [4.69, 9.17) is 38.0 Å². The predicted octanol–water partition coefficient (Wildman–Crippen LogP) is 3.00. The van der Waals surface area contributed by atoms with Crippen LogP contribution < -0.4 is 30.4 Å². The quantitative estimate of drug-likeness (QED) is 0.530. The topological polar surface area (TPSA) is 80.9 Å². The standard InChI is InChI=1S/C17H18ClN3O4S/c1-23-13-8-10(9-14(24-2)15(13)25-3)16(22)20-21-17(26)19-12-6-4-11(18)5-7-12/h4-9H,1-3H3,(H,20,22)(H2,19,21,26). The molecule has 0 atom stereocenters. The van der Waals surface area contributed by atoms with Crippen LogP contribution in [0.5, 0.6) is 17.2 Å². The molecule has 0 bridgehead atoms. The molecule has 26 heavy (non-hydrogen) atoms. The number of nitrogens with one attached hydrogen (secondary N) is 3. The molecule has 0 aliphatic rings.